The van der Waals surface area contributed by atoms with Gasteiger partial charge in [-0.25, -0.2) is 0 Å². The topological polar surface area (TPSA) is 63.5 Å². The molecule has 9 atom stereocenters. The third kappa shape index (κ3) is 2.87. The molecule has 1 heterocycles. The number of carbonyl (C=O) groups excluding carboxylic acids is 3. The second-order valence-electron chi connectivity index (χ2n) is 11.5. The fourth-order valence-electron chi connectivity index (χ4n) is 8.74. The molecule has 5 aliphatic rings. The van der Waals surface area contributed by atoms with Crippen molar-refractivity contribution in [3.8, 4) is 0 Å². The van der Waals surface area contributed by atoms with Crippen molar-refractivity contribution in [1.82, 2.24) is 4.90 Å². The van der Waals surface area contributed by atoms with Crippen LogP contribution in [0.2, 0.25) is 0 Å². The van der Waals surface area contributed by atoms with Crippen molar-refractivity contribution in [2.45, 2.75) is 84.8 Å². The number of esters is 1. The summed E-state index contributed by atoms with van der Waals surface area (Å²) in [7, 11) is 0. The van der Waals surface area contributed by atoms with E-state index in [2.05, 4.69) is 18.7 Å². The van der Waals surface area contributed by atoms with Crippen LogP contribution in [0.1, 0.15) is 72.6 Å². The first-order valence-electron chi connectivity index (χ1n) is 12.1. The minimum atomic E-state index is -0.474. The van der Waals surface area contributed by atoms with E-state index in [1.807, 2.05) is 0 Å². The molecule has 0 bridgehead atoms. The van der Waals surface area contributed by atoms with E-state index in [0.717, 1.165) is 51.6 Å². The largest absolute Gasteiger partial charge is 0.463 e. The van der Waals surface area contributed by atoms with Crippen LogP contribution in [0.15, 0.2) is 0 Å². The highest BCUT2D eigenvalue weighted by Crippen LogP contribution is 2.67. The Kier molecular flexibility index (Phi) is 4.74. The number of rotatable bonds is 3. The Morgan fingerprint density at radius 1 is 1.03 bits per heavy atom. The summed E-state index contributed by atoms with van der Waals surface area (Å²) >= 11 is 0. The molecule has 5 heteroatoms. The number of hydrogen-bond acceptors (Lipinski definition) is 5. The highest BCUT2D eigenvalue weighted by molar-refractivity contribution is 5.94. The summed E-state index contributed by atoms with van der Waals surface area (Å²) in [5, 5.41) is 0. The van der Waals surface area contributed by atoms with Gasteiger partial charge in [0.25, 0.3) is 0 Å². The molecular weight excluding hydrogens is 378 g/mol. The quantitative estimate of drug-likeness (QED) is 0.520. The predicted octanol–water partition coefficient (Wildman–Crippen LogP) is 3.64. The lowest BCUT2D eigenvalue weighted by Gasteiger charge is -2.60. The molecule has 0 amide bonds. The molecule has 0 spiro atoms. The number of carbonyl (C=O) groups is 3. The van der Waals surface area contributed by atoms with Crippen molar-refractivity contribution in [2.24, 2.45) is 40.4 Å². The first-order valence-corrected chi connectivity index (χ1v) is 12.1. The van der Waals surface area contributed by atoms with E-state index in [9.17, 15) is 14.4 Å². The van der Waals surface area contributed by atoms with Gasteiger partial charge < -0.3 is 4.74 Å². The molecule has 5 rings (SSSR count). The molecule has 0 aromatic rings. The summed E-state index contributed by atoms with van der Waals surface area (Å²) in [4.78, 5) is 40.4. The number of ketones is 2. The lowest BCUT2D eigenvalue weighted by molar-refractivity contribution is -0.167. The minimum Gasteiger partial charge on any atom is -0.463 e. The summed E-state index contributed by atoms with van der Waals surface area (Å²) < 4.78 is 5.57. The molecule has 4 saturated carbocycles. The van der Waals surface area contributed by atoms with Crippen LogP contribution in [-0.2, 0) is 19.1 Å². The van der Waals surface area contributed by atoms with Gasteiger partial charge in [0.05, 0.1) is 0 Å². The molecule has 0 unspecified atom stereocenters. The van der Waals surface area contributed by atoms with E-state index in [0.29, 0.717) is 35.9 Å². The smallest absolute Gasteiger partial charge is 0.302 e. The maximum Gasteiger partial charge on any atom is 0.302 e. The molecule has 0 aromatic heterocycles. The van der Waals surface area contributed by atoms with E-state index in [-0.39, 0.29) is 35.2 Å². The molecule has 4 aliphatic carbocycles. The van der Waals surface area contributed by atoms with Crippen LogP contribution in [0.4, 0.5) is 0 Å². The lowest BCUT2D eigenvalue weighted by Crippen LogP contribution is -2.58. The second kappa shape index (κ2) is 6.88. The second-order valence-corrected chi connectivity index (χ2v) is 11.5. The van der Waals surface area contributed by atoms with Crippen molar-refractivity contribution in [3.63, 3.8) is 0 Å². The minimum absolute atomic E-state index is 0.0438. The Morgan fingerprint density at radius 2 is 1.77 bits per heavy atom. The Hall–Kier alpha value is -1.23. The van der Waals surface area contributed by atoms with Gasteiger partial charge >= 0.3 is 5.97 Å². The molecule has 0 radical (unpaired) electrons. The van der Waals surface area contributed by atoms with Gasteiger partial charge in [-0.2, -0.15) is 0 Å². The van der Waals surface area contributed by atoms with Crippen molar-refractivity contribution in [2.75, 3.05) is 13.1 Å². The van der Waals surface area contributed by atoms with Crippen LogP contribution in [0.5, 0.6) is 0 Å². The van der Waals surface area contributed by atoms with Crippen LogP contribution in [0.3, 0.4) is 0 Å². The molecule has 1 aliphatic heterocycles. The number of ether oxygens (including phenoxy) is 1. The highest BCUT2D eigenvalue weighted by atomic mass is 16.5. The summed E-state index contributed by atoms with van der Waals surface area (Å²) in [5.41, 5.74) is -0.321. The number of nitrogens with zero attached hydrogens (tertiary/aromatic N) is 1. The molecule has 30 heavy (non-hydrogen) atoms. The van der Waals surface area contributed by atoms with Crippen LogP contribution in [0.25, 0.3) is 0 Å². The van der Waals surface area contributed by atoms with Gasteiger partial charge in [0.2, 0.25) is 0 Å². The number of fused-ring (bicyclic) bond motifs is 5. The van der Waals surface area contributed by atoms with Crippen LogP contribution in [0, 0.1) is 40.4 Å². The van der Waals surface area contributed by atoms with E-state index in [1.165, 1.54) is 6.92 Å². The van der Waals surface area contributed by atoms with Gasteiger partial charge in [0.1, 0.15) is 17.7 Å². The van der Waals surface area contributed by atoms with Crippen molar-refractivity contribution >= 4 is 17.5 Å². The fourth-order valence-corrected chi connectivity index (χ4v) is 8.74. The van der Waals surface area contributed by atoms with Crippen molar-refractivity contribution < 1.29 is 19.1 Å². The van der Waals surface area contributed by atoms with Crippen molar-refractivity contribution in [3.05, 3.63) is 0 Å². The van der Waals surface area contributed by atoms with Crippen molar-refractivity contribution in [1.29, 1.82) is 0 Å². The average Bonchev–Trinajstić information content (AvgIpc) is 3.45. The third-order valence-electron chi connectivity index (χ3n) is 10.2. The summed E-state index contributed by atoms with van der Waals surface area (Å²) in [6.07, 6.45) is 6.92. The molecule has 166 valence electrons. The molecule has 5 nitrogen and oxygen atoms in total. The standard InChI is InChI=1S/C25H37NO4/c1-14(27)23-21(26-9-10-26)12-20-18-6-5-16-11-17(30-15(2)28)7-8-24(16,3)19(18)13-22(29)25(20,23)4/h16-21,23H,5-13H2,1-4H3/t16-,17-,18-,19+,20+,21+,23+,24-,25-/m0/s1. The summed E-state index contributed by atoms with van der Waals surface area (Å²) in [6.45, 7) is 9.92. The normalized spacial score (nSPS) is 50.3. The monoisotopic (exact) mass is 415 g/mol. The first kappa shape index (κ1) is 20.7. The number of Topliss-reactive ketones (excluding diaryl/α,β-unsaturated/α-hetero) is 2. The third-order valence-corrected chi connectivity index (χ3v) is 10.2. The Balaban J connectivity index is 1.43. The maximum absolute atomic E-state index is 13.7. The first-order chi connectivity index (χ1) is 14.2. The average molecular weight is 416 g/mol. The van der Waals surface area contributed by atoms with Crippen LogP contribution in [-0.4, -0.2) is 47.7 Å². The summed E-state index contributed by atoms with van der Waals surface area (Å²) in [5.74, 6) is 2.10. The van der Waals surface area contributed by atoms with Gasteiger partial charge in [0, 0.05) is 43.8 Å². The van der Waals surface area contributed by atoms with Crippen LogP contribution < -0.4 is 0 Å². The predicted molar refractivity (Wildman–Crippen MR) is 113 cm³/mol. The van der Waals surface area contributed by atoms with E-state index < -0.39 is 5.41 Å². The van der Waals surface area contributed by atoms with E-state index in [1.54, 1.807) is 6.92 Å². The summed E-state index contributed by atoms with van der Waals surface area (Å²) in [6, 6.07) is 0.269. The van der Waals surface area contributed by atoms with Gasteiger partial charge in [-0.3, -0.25) is 19.3 Å². The zero-order valence-corrected chi connectivity index (χ0v) is 19.0. The SMILES string of the molecule is CC(=O)O[C@H]1CC[C@@]2(C)[C@@H](CC[C@H]3[C@H]2CC(=O)[C@]2(C)[C@@H]3C[C@@H](N3CC3)[C@H]2C(C)=O)C1. The Labute approximate surface area is 180 Å². The molecular formula is C25H37NO4. The van der Waals surface area contributed by atoms with Gasteiger partial charge in [0.15, 0.2) is 0 Å². The zero-order valence-electron chi connectivity index (χ0n) is 19.0. The zero-order chi connectivity index (χ0) is 21.4. The molecule has 1 saturated heterocycles. The Bertz CT molecular complexity index is 775. The van der Waals surface area contributed by atoms with Crippen LogP contribution >= 0.6 is 0 Å². The fraction of sp³-hybridized carbons (Fsp3) is 0.880. The van der Waals surface area contributed by atoms with E-state index in [4.69, 9.17) is 4.74 Å². The Morgan fingerprint density at radius 3 is 2.40 bits per heavy atom. The molecule has 0 N–H and O–H groups in total. The van der Waals surface area contributed by atoms with Gasteiger partial charge in [-0.05, 0) is 74.5 Å². The highest BCUT2D eigenvalue weighted by Gasteiger charge is 2.67. The molecule has 5 fully saturated rings. The van der Waals surface area contributed by atoms with Gasteiger partial charge in [-0.15, -0.1) is 0 Å². The number of hydrogen-bond donors (Lipinski definition) is 0. The van der Waals surface area contributed by atoms with Gasteiger partial charge in [-0.1, -0.05) is 13.8 Å². The lowest BCUT2D eigenvalue weighted by atomic mass is 9.44. The maximum atomic E-state index is 13.7. The van der Waals surface area contributed by atoms with E-state index >= 15 is 0 Å². The molecule has 0 aromatic carbocycles.